The molecule has 2 aliphatic carbocycles. The summed E-state index contributed by atoms with van der Waals surface area (Å²) in [7, 11) is 0. The third-order valence-corrected chi connectivity index (χ3v) is 6.53. The van der Waals surface area contributed by atoms with E-state index < -0.39 is 0 Å². The molecule has 21 heavy (non-hydrogen) atoms. The van der Waals surface area contributed by atoms with Gasteiger partial charge in [-0.15, -0.1) is 0 Å². The molecular weight excluding hydrogens is 256 g/mol. The summed E-state index contributed by atoms with van der Waals surface area (Å²) in [5.74, 6) is 2.91. The lowest BCUT2D eigenvalue weighted by Crippen LogP contribution is -2.48. The van der Waals surface area contributed by atoms with Crippen LogP contribution in [-0.4, -0.2) is 36.6 Å². The van der Waals surface area contributed by atoms with Crippen LogP contribution in [0, 0.1) is 17.8 Å². The van der Waals surface area contributed by atoms with Gasteiger partial charge < -0.3 is 5.32 Å². The SMILES string of the molecule is CC(C)C(CNC1CCC2CCCCC2C1)N1CCCC1. The van der Waals surface area contributed by atoms with Crippen LogP contribution in [0.3, 0.4) is 0 Å². The normalized spacial score (nSPS) is 35.9. The van der Waals surface area contributed by atoms with Gasteiger partial charge in [-0.05, 0) is 62.9 Å². The van der Waals surface area contributed by atoms with Gasteiger partial charge in [0.2, 0.25) is 0 Å². The summed E-state index contributed by atoms with van der Waals surface area (Å²) in [6, 6.07) is 1.57. The van der Waals surface area contributed by atoms with E-state index in [0.29, 0.717) is 0 Å². The Labute approximate surface area is 132 Å². The van der Waals surface area contributed by atoms with E-state index in [9.17, 15) is 0 Å². The number of rotatable bonds is 5. The molecule has 0 spiro atoms. The lowest BCUT2D eigenvalue weighted by Gasteiger charge is -2.41. The average molecular weight is 293 g/mol. The molecule has 0 aromatic heterocycles. The number of hydrogen-bond donors (Lipinski definition) is 1. The van der Waals surface area contributed by atoms with Crippen molar-refractivity contribution in [3.63, 3.8) is 0 Å². The maximum Gasteiger partial charge on any atom is 0.0243 e. The molecule has 3 aliphatic rings. The summed E-state index contributed by atoms with van der Waals surface area (Å²) in [5.41, 5.74) is 0. The number of hydrogen-bond acceptors (Lipinski definition) is 2. The van der Waals surface area contributed by atoms with Gasteiger partial charge in [0.05, 0.1) is 0 Å². The highest BCUT2D eigenvalue weighted by atomic mass is 15.2. The molecule has 1 N–H and O–H groups in total. The second-order valence-electron chi connectivity index (χ2n) is 8.28. The first-order valence-electron chi connectivity index (χ1n) is 9.71. The average Bonchev–Trinajstić information content (AvgIpc) is 3.01. The molecule has 2 heteroatoms. The van der Waals surface area contributed by atoms with Crippen LogP contribution in [0.5, 0.6) is 0 Å². The van der Waals surface area contributed by atoms with Crippen molar-refractivity contribution in [3.05, 3.63) is 0 Å². The molecule has 122 valence electrons. The largest absolute Gasteiger partial charge is 0.312 e. The van der Waals surface area contributed by atoms with Crippen molar-refractivity contribution in [2.45, 2.75) is 83.7 Å². The van der Waals surface area contributed by atoms with Gasteiger partial charge in [-0.25, -0.2) is 0 Å². The zero-order chi connectivity index (χ0) is 14.7. The van der Waals surface area contributed by atoms with Gasteiger partial charge in [0.1, 0.15) is 0 Å². The molecule has 4 unspecified atom stereocenters. The van der Waals surface area contributed by atoms with Gasteiger partial charge in [0.25, 0.3) is 0 Å². The van der Waals surface area contributed by atoms with Crippen LogP contribution in [-0.2, 0) is 0 Å². The monoisotopic (exact) mass is 292 g/mol. The summed E-state index contributed by atoms with van der Waals surface area (Å²) in [5, 5.41) is 3.97. The molecule has 2 saturated carbocycles. The Morgan fingerprint density at radius 3 is 2.33 bits per heavy atom. The first-order valence-corrected chi connectivity index (χ1v) is 9.71. The molecule has 0 bridgehead atoms. The minimum atomic E-state index is 0.761. The van der Waals surface area contributed by atoms with Crippen LogP contribution in [0.15, 0.2) is 0 Å². The standard InChI is InChI=1S/C19H36N2/c1-15(2)19(21-11-5-6-12-21)14-20-18-10-9-16-7-3-4-8-17(16)13-18/h15-20H,3-14H2,1-2H3. The van der Waals surface area contributed by atoms with Crippen molar-refractivity contribution in [1.29, 1.82) is 0 Å². The van der Waals surface area contributed by atoms with Crippen LogP contribution < -0.4 is 5.32 Å². The van der Waals surface area contributed by atoms with Crippen LogP contribution in [0.1, 0.15) is 71.6 Å². The van der Waals surface area contributed by atoms with Crippen molar-refractivity contribution < 1.29 is 0 Å². The second kappa shape index (κ2) is 7.46. The quantitative estimate of drug-likeness (QED) is 0.822. The Morgan fingerprint density at radius 1 is 0.905 bits per heavy atom. The summed E-state index contributed by atoms with van der Waals surface area (Å²) in [6.07, 6.45) is 13.3. The Morgan fingerprint density at radius 2 is 1.62 bits per heavy atom. The van der Waals surface area contributed by atoms with Crippen molar-refractivity contribution in [2.24, 2.45) is 17.8 Å². The Bertz CT molecular complexity index is 309. The summed E-state index contributed by atoms with van der Waals surface area (Å²) >= 11 is 0. The molecule has 3 fully saturated rings. The summed E-state index contributed by atoms with van der Waals surface area (Å²) < 4.78 is 0. The van der Waals surface area contributed by atoms with Gasteiger partial charge in [-0.1, -0.05) is 39.5 Å². The summed E-state index contributed by atoms with van der Waals surface area (Å²) in [6.45, 7) is 8.70. The first kappa shape index (κ1) is 15.8. The second-order valence-corrected chi connectivity index (χ2v) is 8.28. The van der Waals surface area contributed by atoms with Gasteiger partial charge >= 0.3 is 0 Å². The van der Waals surface area contributed by atoms with Gasteiger partial charge in [0, 0.05) is 18.6 Å². The number of nitrogens with zero attached hydrogens (tertiary/aromatic N) is 1. The molecule has 1 heterocycles. The van der Waals surface area contributed by atoms with Gasteiger partial charge in [-0.2, -0.15) is 0 Å². The molecular formula is C19H36N2. The molecule has 2 nitrogen and oxygen atoms in total. The minimum Gasteiger partial charge on any atom is -0.312 e. The van der Waals surface area contributed by atoms with E-state index in [4.69, 9.17) is 0 Å². The Kier molecular flexibility index (Phi) is 5.61. The molecule has 1 aliphatic heterocycles. The molecule has 1 saturated heterocycles. The lowest BCUT2D eigenvalue weighted by molar-refractivity contribution is 0.130. The van der Waals surface area contributed by atoms with Crippen LogP contribution in [0.25, 0.3) is 0 Å². The fourth-order valence-corrected chi connectivity index (χ4v) is 5.21. The fourth-order valence-electron chi connectivity index (χ4n) is 5.21. The van der Waals surface area contributed by atoms with Gasteiger partial charge in [0.15, 0.2) is 0 Å². The summed E-state index contributed by atoms with van der Waals surface area (Å²) in [4.78, 5) is 2.74. The fraction of sp³-hybridized carbons (Fsp3) is 1.00. The van der Waals surface area contributed by atoms with E-state index in [1.54, 1.807) is 0 Å². The van der Waals surface area contributed by atoms with E-state index in [-0.39, 0.29) is 0 Å². The van der Waals surface area contributed by atoms with Crippen molar-refractivity contribution in [2.75, 3.05) is 19.6 Å². The van der Waals surface area contributed by atoms with Crippen molar-refractivity contribution in [3.8, 4) is 0 Å². The smallest absolute Gasteiger partial charge is 0.0243 e. The predicted octanol–water partition coefficient (Wildman–Crippen LogP) is 4.06. The molecule has 4 atom stereocenters. The third kappa shape index (κ3) is 4.01. The topological polar surface area (TPSA) is 15.3 Å². The van der Waals surface area contributed by atoms with Crippen LogP contribution in [0.2, 0.25) is 0 Å². The van der Waals surface area contributed by atoms with E-state index in [1.807, 2.05) is 0 Å². The predicted molar refractivity (Wildman–Crippen MR) is 90.5 cm³/mol. The van der Waals surface area contributed by atoms with E-state index in [0.717, 1.165) is 29.8 Å². The van der Waals surface area contributed by atoms with Gasteiger partial charge in [-0.3, -0.25) is 4.90 Å². The number of fused-ring (bicyclic) bond motifs is 1. The maximum absolute atomic E-state index is 3.97. The number of nitrogens with one attached hydrogen (secondary N) is 1. The Balaban J connectivity index is 1.47. The zero-order valence-corrected chi connectivity index (χ0v) is 14.3. The highest BCUT2D eigenvalue weighted by molar-refractivity contribution is 4.88. The maximum atomic E-state index is 3.97. The van der Waals surface area contributed by atoms with E-state index in [2.05, 4.69) is 24.1 Å². The Hall–Kier alpha value is -0.0800. The van der Waals surface area contributed by atoms with Crippen LogP contribution in [0.4, 0.5) is 0 Å². The molecule has 0 aromatic rings. The minimum absolute atomic E-state index is 0.761. The van der Waals surface area contributed by atoms with E-state index in [1.165, 1.54) is 77.4 Å². The first-order chi connectivity index (χ1) is 10.2. The van der Waals surface area contributed by atoms with Crippen LogP contribution >= 0.6 is 0 Å². The molecule has 0 aromatic carbocycles. The van der Waals surface area contributed by atoms with Crippen molar-refractivity contribution >= 4 is 0 Å². The van der Waals surface area contributed by atoms with Crippen molar-refractivity contribution in [1.82, 2.24) is 10.2 Å². The highest BCUT2D eigenvalue weighted by Gasteiger charge is 2.33. The number of likely N-dealkylation sites (tertiary alicyclic amines) is 1. The molecule has 0 amide bonds. The third-order valence-electron chi connectivity index (χ3n) is 6.53. The van der Waals surface area contributed by atoms with E-state index >= 15 is 0 Å². The molecule has 3 rings (SSSR count). The zero-order valence-electron chi connectivity index (χ0n) is 14.3. The molecule has 0 radical (unpaired) electrons. The lowest BCUT2D eigenvalue weighted by atomic mass is 9.69. The highest BCUT2D eigenvalue weighted by Crippen LogP contribution is 2.40.